The SMILES string of the molecule is CCCNCc1cc(Br)cnc1Oc1cc(C)ccc1F. The van der Waals surface area contributed by atoms with E-state index in [0.717, 1.165) is 28.6 Å². The fraction of sp³-hybridized carbons (Fsp3) is 0.312. The van der Waals surface area contributed by atoms with Gasteiger partial charge in [0.25, 0.3) is 0 Å². The molecule has 5 heteroatoms. The van der Waals surface area contributed by atoms with E-state index in [2.05, 4.69) is 33.2 Å². The smallest absolute Gasteiger partial charge is 0.223 e. The highest BCUT2D eigenvalue weighted by atomic mass is 79.9. The van der Waals surface area contributed by atoms with E-state index >= 15 is 0 Å². The molecular weight excluding hydrogens is 335 g/mol. The van der Waals surface area contributed by atoms with Crippen molar-refractivity contribution in [1.82, 2.24) is 10.3 Å². The molecule has 0 unspecified atom stereocenters. The molecule has 0 radical (unpaired) electrons. The van der Waals surface area contributed by atoms with Crippen LogP contribution in [-0.4, -0.2) is 11.5 Å². The summed E-state index contributed by atoms with van der Waals surface area (Å²) in [4.78, 5) is 4.25. The van der Waals surface area contributed by atoms with Gasteiger partial charge >= 0.3 is 0 Å². The number of halogens is 2. The van der Waals surface area contributed by atoms with Crippen molar-refractivity contribution in [3.8, 4) is 11.6 Å². The highest BCUT2D eigenvalue weighted by Crippen LogP contribution is 2.28. The molecule has 0 spiro atoms. The standard InChI is InChI=1S/C16H18BrFN2O/c1-3-6-19-9-12-8-13(17)10-20-16(12)21-15-7-11(2)4-5-14(15)18/h4-5,7-8,10,19H,3,6,9H2,1-2H3. The molecule has 1 N–H and O–H groups in total. The maximum atomic E-state index is 13.8. The van der Waals surface area contributed by atoms with E-state index in [0.29, 0.717) is 12.4 Å². The molecule has 0 amide bonds. The van der Waals surface area contributed by atoms with E-state index < -0.39 is 5.82 Å². The topological polar surface area (TPSA) is 34.2 Å². The summed E-state index contributed by atoms with van der Waals surface area (Å²) in [6.45, 7) is 5.53. The van der Waals surface area contributed by atoms with Crippen LogP contribution in [0.4, 0.5) is 4.39 Å². The maximum Gasteiger partial charge on any atom is 0.223 e. The number of aryl methyl sites for hydroxylation is 1. The van der Waals surface area contributed by atoms with Crippen LogP contribution in [0.3, 0.4) is 0 Å². The molecule has 1 aromatic carbocycles. The third kappa shape index (κ3) is 4.51. The molecule has 0 fully saturated rings. The summed E-state index contributed by atoms with van der Waals surface area (Å²) in [7, 11) is 0. The van der Waals surface area contributed by atoms with Crippen molar-refractivity contribution in [3.05, 3.63) is 51.9 Å². The fourth-order valence-electron chi connectivity index (χ4n) is 1.88. The Labute approximate surface area is 132 Å². The summed E-state index contributed by atoms with van der Waals surface area (Å²) in [6, 6.07) is 6.71. The number of pyridine rings is 1. The number of hydrogen-bond acceptors (Lipinski definition) is 3. The van der Waals surface area contributed by atoms with Crippen LogP contribution < -0.4 is 10.1 Å². The molecule has 0 atom stereocenters. The quantitative estimate of drug-likeness (QED) is 0.772. The van der Waals surface area contributed by atoms with Crippen LogP contribution in [0.1, 0.15) is 24.5 Å². The maximum absolute atomic E-state index is 13.8. The first-order chi connectivity index (χ1) is 10.1. The van der Waals surface area contributed by atoms with Crippen LogP contribution >= 0.6 is 15.9 Å². The van der Waals surface area contributed by atoms with E-state index in [1.807, 2.05) is 13.0 Å². The van der Waals surface area contributed by atoms with Crippen LogP contribution in [0.15, 0.2) is 34.9 Å². The Hall–Kier alpha value is -1.46. The molecule has 0 bridgehead atoms. The van der Waals surface area contributed by atoms with Crippen molar-refractivity contribution in [2.24, 2.45) is 0 Å². The molecule has 21 heavy (non-hydrogen) atoms. The summed E-state index contributed by atoms with van der Waals surface area (Å²) in [5, 5.41) is 3.30. The molecular formula is C16H18BrFN2O. The monoisotopic (exact) mass is 352 g/mol. The Balaban J connectivity index is 2.24. The minimum Gasteiger partial charge on any atom is -0.436 e. The summed E-state index contributed by atoms with van der Waals surface area (Å²) in [5.74, 6) is 0.227. The van der Waals surface area contributed by atoms with Crippen molar-refractivity contribution in [2.75, 3.05) is 6.54 Å². The van der Waals surface area contributed by atoms with Crippen molar-refractivity contribution < 1.29 is 9.13 Å². The van der Waals surface area contributed by atoms with Gasteiger partial charge in [-0.25, -0.2) is 9.37 Å². The Morgan fingerprint density at radius 3 is 2.90 bits per heavy atom. The second-order valence-corrected chi connectivity index (χ2v) is 5.75. The largest absolute Gasteiger partial charge is 0.436 e. The Bertz CT molecular complexity index is 619. The number of rotatable bonds is 6. The van der Waals surface area contributed by atoms with E-state index in [1.54, 1.807) is 18.3 Å². The number of nitrogens with zero attached hydrogens (tertiary/aromatic N) is 1. The fourth-order valence-corrected chi connectivity index (χ4v) is 2.26. The molecule has 2 rings (SSSR count). The second kappa shape index (κ2) is 7.52. The van der Waals surface area contributed by atoms with Gasteiger partial charge in [0.15, 0.2) is 11.6 Å². The van der Waals surface area contributed by atoms with Crippen molar-refractivity contribution in [3.63, 3.8) is 0 Å². The summed E-state index contributed by atoms with van der Waals surface area (Å²) in [5.41, 5.74) is 1.83. The van der Waals surface area contributed by atoms with Gasteiger partial charge in [-0.3, -0.25) is 0 Å². The van der Waals surface area contributed by atoms with Gasteiger partial charge in [0.05, 0.1) is 0 Å². The highest BCUT2D eigenvalue weighted by Gasteiger charge is 2.11. The third-order valence-corrected chi connectivity index (χ3v) is 3.36. The van der Waals surface area contributed by atoms with Gasteiger partial charge in [0.1, 0.15) is 0 Å². The first-order valence-electron chi connectivity index (χ1n) is 6.89. The Morgan fingerprint density at radius 1 is 1.33 bits per heavy atom. The third-order valence-electron chi connectivity index (χ3n) is 2.93. The molecule has 2 aromatic rings. The van der Waals surface area contributed by atoms with Crippen molar-refractivity contribution in [2.45, 2.75) is 26.8 Å². The lowest BCUT2D eigenvalue weighted by molar-refractivity contribution is 0.420. The summed E-state index contributed by atoms with van der Waals surface area (Å²) < 4.78 is 20.3. The molecule has 0 aliphatic carbocycles. The van der Waals surface area contributed by atoms with Crippen LogP contribution in [-0.2, 0) is 6.54 Å². The first-order valence-corrected chi connectivity index (χ1v) is 7.68. The highest BCUT2D eigenvalue weighted by molar-refractivity contribution is 9.10. The van der Waals surface area contributed by atoms with E-state index in [-0.39, 0.29) is 5.75 Å². The number of aromatic nitrogens is 1. The number of hydrogen-bond donors (Lipinski definition) is 1. The van der Waals surface area contributed by atoms with Gasteiger partial charge in [-0.1, -0.05) is 13.0 Å². The zero-order valence-electron chi connectivity index (χ0n) is 12.1. The molecule has 1 aromatic heterocycles. The van der Waals surface area contributed by atoms with Gasteiger partial charge < -0.3 is 10.1 Å². The molecule has 1 heterocycles. The second-order valence-electron chi connectivity index (χ2n) is 4.83. The van der Waals surface area contributed by atoms with Crippen LogP contribution in [0.25, 0.3) is 0 Å². The lowest BCUT2D eigenvalue weighted by Gasteiger charge is -2.12. The molecule has 0 aliphatic rings. The molecule has 112 valence electrons. The van der Waals surface area contributed by atoms with E-state index in [4.69, 9.17) is 4.74 Å². The first kappa shape index (κ1) is 15.9. The van der Waals surface area contributed by atoms with Crippen LogP contribution in [0, 0.1) is 12.7 Å². The van der Waals surface area contributed by atoms with Gasteiger partial charge in [0, 0.05) is 22.8 Å². The van der Waals surface area contributed by atoms with Crippen LogP contribution in [0.5, 0.6) is 11.6 Å². The Kier molecular flexibility index (Phi) is 5.70. The average molecular weight is 353 g/mol. The number of benzene rings is 1. The minimum atomic E-state index is -0.391. The van der Waals surface area contributed by atoms with Crippen molar-refractivity contribution in [1.29, 1.82) is 0 Å². The average Bonchev–Trinajstić information content (AvgIpc) is 2.46. The Morgan fingerprint density at radius 2 is 2.14 bits per heavy atom. The molecule has 0 saturated carbocycles. The predicted molar refractivity (Wildman–Crippen MR) is 85.1 cm³/mol. The van der Waals surface area contributed by atoms with Gasteiger partial charge in [0.2, 0.25) is 5.88 Å². The minimum absolute atomic E-state index is 0.196. The molecule has 0 aliphatic heterocycles. The van der Waals surface area contributed by atoms with E-state index in [9.17, 15) is 4.39 Å². The van der Waals surface area contributed by atoms with Gasteiger partial charge in [-0.15, -0.1) is 0 Å². The normalized spacial score (nSPS) is 10.7. The zero-order valence-corrected chi connectivity index (χ0v) is 13.7. The van der Waals surface area contributed by atoms with Crippen LogP contribution in [0.2, 0.25) is 0 Å². The predicted octanol–water partition coefficient (Wildman–Crippen LogP) is 4.58. The summed E-state index contributed by atoms with van der Waals surface area (Å²) in [6.07, 6.45) is 2.69. The molecule has 0 saturated heterocycles. The number of nitrogens with one attached hydrogen (secondary N) is 1. The van der Waals surface area contributed by atoms with Gasteiger partial charge in [-0.2, -0.15) is 0 Å². The lowest BCUT2D eigenvalue weighted by Crippen LogP contribution is -2.14. The van der Waals surface area contributed by atoms with Crippen molar-refractivity contribution >= 4 is 15.9 Å². The summed E-state index contributed by atoms with van der Waals surface area (Å²) >= 11 is 3.40. The van der Waals surface area contributed by atoms with E-state index in [1.165, 1.54) is 6.07 Å². The molecule has 3 nitrogen and oxygen atoms in total. The lowest BCUT2D eigenvalue weighted by atomic mass is 10.2. The zero-order chi connectivity index (χ0) is 15.2. The van der Waals surface area contributed by atoms with Gasteiger partial charge in [-0.05, 0) is 59.6 Å². The number of ether oxygens (including phenoxy) is 1.